The normalized spacial score (nSPS) is 11.3. The summed E-state index contributed by atoms with van der Waals surface area (Å²) in [5.41, 5.74) is 0. The van der Waals surface area contributed by atoms with E-state index in [1.54, 1.807) is 0 Å². The Kier molecular flexibility index (Phi) is 13.9. The van der Waals surface area contributed by atoms with Gasteiger partial charge in [0.1, 0.15) is 0 Å². The standard InChI is InChI=1S/C17H36N2O2/c1-15(2)14-21-13-9-10-17(20)19-12-8-6-5-7-11-18-16(3)4/h15-16,18H,5-14H2,1-4H3,(H,19,20). The molecule has 0 rings (SSSR count). The van der Waals surface area contributed by atoms with Crippen molar-refractivity contribution in [3.63, 3.8) is 0 Å². The first-order valence-corrected chi connectivity index (χ1v) is 8.60. The molecule has 0 fully saturated rings. The van der Waals surface area contributed by atoms with Gasteiger partial charge in [0.05, 0.1) is 0 Å². The largest absolute Gasteiger partial charge is 0.381 e. The predicted octanol–water partition coefficient (Wildman–Crippen LogP) is 3.11. The molecule has 0 saturated heterocycles. The maximum absolute atomic E-state index is 11.6. The summed E-state index contributed by atoms with van der Waals surface area (Å²) in [6.45, 7) is 12.0. The third-order valence-electron chi connectivity index (χ3n) is 3.12. The molecule has 0 aliphatic heterocycles. The van der Waals surface area contributed by atoms with Crippen molar-refractivity contribution in [2.75, 3.05) is 26.3 Å². The minimum Gasteiger partial charge on any atom is -0.381 e. The van der Waals surface area contributed by atoms with Crippen LogP contribution in [0.2, 0.25) is 0 Å². The molecule has 0 aromatic heterocycles. The fourth-order valence-electron chi connectivity index (χ4n) is 1.96. The molecule has 126 valence electrons. The number of carbonyl (C=O) groups excluding carboxylic acids is 1. The third-order valence-corrected chi connectivity index (χ3v) is 3.12. The van der Waals surface area contributed by atoms with E-state index in [1.807, 2.05) is 0 Å². The van der Waals surface area contributed by atoms with Crippen LogP contribution in [-0.4, -0.2) is 38.3 Å². The average Bonchev–Trinajstić information content (AvgIpc) is 2.40. The second-order valence-electron chi connectivity index (χ2n) is 6.45. The number of ether oxygens (including phenoxy) is 1. The summed E-state index contributed by atoms with van der Waals surface area (Å²) in [4.78, 5) is 11.6. The van der Waals surface area contributed by atoms with Crippen molar-refractivity contribution in [3.8, 4) is 0 Å². The Hall–Kier alpha value is -0.610. The second kappa shape index (κ2) is 14.3. The van der Waals surface area contributed by atoms with E-state index in [-0.39, 0.29) is 5.91 Å². The van der Waals surface area contributed by atoms with E-state index in [4.69, 9.17) is 4.74 Å². The van der Waals surface area contributed by atoms with Gasteiger partial charge in [-0.1, -0.05) is 40.5 Å². The Morgan fingerprint density at radius 2 is 1.62 bits per heavy atom. The van der Waals surface area contributed by atoms with Crippen molar-refractivity contribution in [2.24, 2.45) is 5.92 Å². The van der Waals surface area contributed by atoms with Gasteiger partial charge in [-0.25, -0.2) is 0 Å². The van der Waals surface area contributed by atoms with E-state index in [1.165, 1.54) is 19.3 Å². The van der Waals surface area contributed by atoms with Crippen LogP contribution in [0.1, 0.15) is 66.2 Å². The molecule has 21 heavy (non-hydrogen) atoms. The summed E-state index contributed by atoms with van der Waals surface area (Å²) in [6, 6.07) is 0.578. The highest BCUT2D eigenvalue weighted by Gasteiger charge is 2.01. The number of unbranched alkanes of at least 4 members (excludes halogenated alkanes) is 3. The van der Waals surface area contributed by atoms with Gasteiger partial charge in [0.15, 0.2) is 0 Å². The van der Waals surface area contributed by atoms with Crippen LogP contribution >= 0.6 is 0 Å². The van der Waals surface area contributed by atoms with E-state index in [2.05, 4.69) is 38.3 Å². The molecule has 0 spiro atoms. The van der Waals surface area contributed by atoms with Crippen LogP contribution in [0.4, 0.5) is 0 Å². The highest BCUT2D eigenvalue weighted by molar-refractivity contribution is 5.75. The molecule has 1 amide bonds. The van der Waals surface area contributed by atoms with Crippen molar-refractivity contribution in [3.05, 3.63) is 0 Å². The lowest BCUT2D eigenvalue weighted by atomic mass is 10.2. The van der Waals surface area contributed by atoms with Gasteiger partial charge < -0.3 is 15.4 Å². The van der Waals surface area contributed by atoms with Gasteiger partial charge in [-0.3, -0.25) is 4.79 Å². The lowest BCUT2D eigenvalue weighted by molar-refractivity contribution is -0.121. The van der Waals surface area contributed by atoms with Crippen molar-refractivity contribution < 1.29 is 9.53 Å². The minimum atomic E-state index is 0.157. The van der Waals surface area contributed by atoms with Crippen molar-refractivity contribution >= 4 is 5.91 Å². The van der Waals surface area contributed by atoms with E-state index >= 15 is 0 Å². The number of rotatable bonds is 14. The van der Waals surface area contributed by atoms with Gasteiger partial charge in [0.2, 0.25) is 5.91 Å². The molecular formula is C17H36N2O2. The summed E-state index contributed by atoms with van der Waals surface area (Å²) in [5, 5.41) is 6.39. The molecule has 0 heterocycles. The van der Waals surface area contributed by atoms with Crippen LogP contribution in [0, 0.1) is 5.92 Å². The quantitative estimate of drug-likeness (QED) is 0.485. The minimum absolute atomic E-state index is 0.157. The molecule has 4 heteroatoms. The molecule has 0 aromatic carbocycles. The Labute approximate surface area is 131 Å². The number of carbonyl (C=O) groups is 1. The summed E-state index contributed by atoms with van der Waals surface area (Å²) in [5.74, 6) is 0.721. The Morgan fingerprint density at radius 3 is 2.24 bits per heavy atom. The zero-order valence-electron chi connectivity index (χ0n) is 14.5. The first-order chi connectivity index (χ1) is 10.0. The summed E-state index contributed by atoms with van der Waals surface area (Å²) in [6.07, 6.45) is 6.13. The summed E-state index contributed by atoms with van der Waals surface area (Å²) < 4.78 is 5.46. The maximum Gasteiger partial charge on any atom is 0.220 e. The molecule has 0 radical (unpaired) electrons. The number of hydrogen-bond acceptors (Lipinski definition) is 3. The van der Waals surface area contributed by atoms with Crippen molar-refractivity contribution in [1.29, 1.82) is 0 Å². The van der Waals surface area contributed by atoms with Crippen LogP contribution in [0.5, 0.6) is 0 Å². The van der Waals surface area contributed by atoms with E-state index in [9.17, 15) is 4.79 Å². The SMILES string of the molecule is CC(C)COCCCC(=O)NCCCCCCNC(C)C. The van der Waals surface area contributed by atoms with Crippen LogP contribution in [0.3, 0.4) is 0 Å². The van der Waals surface area contributed by atoms with E-state index < -0.39 is 0 Å². The topological polar surface area (TPSA) is 50.4 Å². The van der Waals surface area contributed by atoms with Gasteiger partial charge in [-0.15, -0.1) is 0 Å². The fraction of sp³-hybridized carbons (Fsp3) is 0.941. The number of nitrogens with one attached hydrogen (secondary N) is 2. The molecule has 0 saturated carbocycles. The first-order valence-electron chi connectivity index (χ1n) is 8.60. The molecule has 0 unspecified atom stereocenters. The predicted molar refractivity (Wildman–Crippen MR) is 89.5 cm³/mol. The molecule has 0 aliphatic rings. The Bertz CT molecular complexity index is 243. The molecule has 4 nitrogen and oxygen atoms in total. The van der Waals surface area contributed by atoms with Crippen molar-refractivity contribution in [1.82, 2.24) is 10.6 Å². The number of hydrogen-bond donors (Lipinski definition) is 2. The number of amides is 1. The lowest BCUT2D eigenvalue weighted by Crippen LogP contribution is -2.25. The first kappa shape index (κ1) is 20.4. The Morgan fingerprint density at radius 1 is 0.952 bits per heavy atom. The van der Waals surface area contributed by atoms with Crippen LogP contribution in [-0.2, 0) is 9.53 Å². The summed E-state index contributed by atoms with van der Waals surface area (Å²) >= 11 is 0. The Balaban J connectivity index is 3.19. The van der Waals surface area contributed by atoms with Gasteiger partial charge in [0, 0.05) is 32.2 Å². The average molecular weight is 300 g/mol. The van der Waals surface area contributed by atoms with Crippen LogP contribution < -0.4 is 10.6 Å². The molecule has 0 aliphatic carbocycles. The van der Waals surface area contributed by atoms with Crippen LogP contribution in [0.25, 0.3) is 0 Å². The van der Waals surface area contributed by atoms with Crippen LogP contribution in [0.15, 0.2) is 0 Å². The molecule has 2 N–H and O–H groups in total. The maximum atomic E-state index is 11.6. The zero-order chi connectivity index (χ0) is 15.9. The van der Waals surface area contributed by atoms with Crippen molar-refractivity contribution in [2.45, 2.75) is 72.3 Å². The molecular weight excluding hydrogens is 264 g/mol. The second-order valence-corrected chi connectivity index (χ2v) is 6.45. The molecule has 0 aromatic rings. The lowest BCUT2D eigenvalue weighted by Gasteiger charge is -2.08. The van der Waals surface area contributed by atoms with Gasteiger partial charge in [0.25, 0.3) is 0 Å². The highest BCUT2D eigenvalue weighted by Crippen LogP contribution is 1.99. The molecule has 0 bridgehead atoms. The van der Waals surface area contributed by atoms with Gasteiger partial charge >= 0.3 is 0 Å². The molecule has 0 atom stereocenters. The summed E-state index contributed by atoms with van der Waals surface area (Å²) in [7, 11) is 0. The smallest absolute Gasteiger partial charge is 0.220 e. The fourth-order valence-corrected chi connectivity index (χ4v) is 1.96. The van der Waals surface area contributed by atoms with Gasteiger partial charge in [-0.2, -0.15) is 0 Å². The van der Waals surface area contributed by atoms with Gasteiger partial charge in [-0.05, 0) is 31.7 Å². The monoisotopic (exact) mass is 300 g/mol. The third kappa shape index (κ3) is 17.3. The van der Waals surface area contributed by atoms with E-state index in [0.717, 1.165) is 32.5 Å². The highest BCUT2D eigenvalue weighted by atomic mass is 16.5. The zero-order valence-corrected chi connectivity index (χ0v) is 14.5. The van der Waals surface area contributed by atoms with E-state index in [0.29, 0.717) is 25.0 Å².